The Hall–Kier alpha value is -5.49. The van der Waals surface area contributed by atoms with Crippen molar-refractivity contribution in [2.24, 2.45) is 11.7 Å². The van der Waals surface area contributed by atoms with Gasteiger partial charge in [0.25, 0.3) is 5.91 Å². The molecule has 10 atom stereocenters. The fourth-order valence-corrected chi connectivity index (χ4v) is 4.82. The van der Waals surface area contributed by atoms with Crippen molar-refractivity contribution < 1.29 is 68.7 Å². The first-order valence-electron chi connectivity index (χ1n) is 17.4. The first-order chi connectivity index (χ1) is 26.1. The summed E-state index contributed by atoms with van der Waals surface area (Å²) >= 11 is 0. The van der Waals surface area contributed by atoms with Gasteiger partial charge in [-0.3, -0.25) is 43.2 Å². The van der Waals surface area contributed by atoms with Crippen LogP contribution in [0.1, 0.15) is 41.0 Å². The van der Waals surface area contributed by atoms with Gasteiger partial charge in [0.2, 0.25) is 47.3 Å². The molecule has 4 unspecified atom stereocenters. The largest absolute Gasteiger partial charge is 0.394 e. The lowest BCUT2D eigenvalue weighted by molar-refractivity contribution is -0.144. The number of allylic oxidation sites excluding steroid dienone is 1. The Kier molecular flexibility index (Phi) is 19.7. The highest BCUT2D eigenvalue weighted by molar-refractivity contribution is 5.99. The average molecular weight is 800 g/mol. The number of amides is 9. The normalized spacial score (nSPS) is 27.2. The van der Waals surface area contributed by atoms with Crippen molar-refractivity contribution in [2.45, 2.75) is 102 Å². The highest BCUT2D eigenvalue weighted by Gasteiger charge is 2.41. The van der Waals surface area contributed by atoms with Crippen LogP contribution < -0.4 is 48.3 Å². The zero-order valence-electron chi connectivity index (χ0n) is 31.5. The van der Waals surface area contributed by atoms with E-state index >= 15 is 0 Å². The van der Waals surface area contributed by atoms with Crippen LogP contribution in [-0.2, 0) is 43.2 Å². The second-order valence-corrected chi connectivity index (χ2v) is 13.1. The minimum atomic E-state index is -2.48. The van der Waals surface area contributed by atoms with Crippen molar-refractivity contribution in [3.05, 3.63) is 24.3 Å². The summed E-state index contributed by atoms with van der Waals surface area (Å²) in [4.78, 5) is 117. The summed E-state index contributed by atoms with van der Waals surface area (Å²) in [5.74, 6) is -11.5. The first-order valence-corrected chi connectivity index (χ1v) is 17.4. The summed E-state index contributed by atoms with van der Waals surface area (Å²) in [6.07, 6.45) is -6.36. The third-order valence-corrected chi connectivity index (χ3v) is 8.36. The molecule has 1 rings (SSSR count). The summed E-state index contributed by atoms with van der Waals surface area (Å²) in [6, 6.07) is -10.9. The molecule has 0 aromatic rings. The van der Waals surface area contributed by atoms with Gasteiger partial charge in [0.1, 0.15) is 48.5 Å². The number of aliphatic hydroxyl groups excluding tert-OH is 5. The van der Waals surface area contributed by atoms with Crippen LogP contribution in [0, 0.1) is 5.92 Å². The molecule has 0 saturated carbocycles. The van der Waals surface area contributed by atoms with E-state index in [0.717, 1.165) is 6.92 Å². The van der Waals surface area contributed by atoms with Gasteiger partial charge in [-0.1, -0.05) is 26.0 Å². The first kappa shape index (κ1) is 48.5. The smallest absolute Gasteiger partial charge is 0.251 e. The van der Waals surface area contributed by atoms with Gasteiger partial charge in [-0.05, 0) is 33.1 Å². The Morgan fingerprint density at radius 1 is 0.786 bits per heavy atom. The Balaban J connectivity index is 3.79. The minimum Gasteiger partial charge on any atom is -0.394 e. The Labute approximate surface area is 321 Å². The molecule has 0 bridgehead atoms. The fourth-order valence-electron chi connectivity index (χ4n) is 4.82. The van der Waals surface area contributed by atoms with Gasteiger partial charge in [0.15, 0.2) is 6.10 Å². The van der Waals surface area contributed by atoms with E-state index in [1.165, 1.54) is 32.9 Å². The van der Waals surface area contributed by atoms with Crippen LogP contribution in [0.5, 0.6) is 0 Å². The van der Waals surface area contributed by atoms with E-state index in [1.54, 1.807) is 6.92 Å². The molecule has 0 aromatic heterocycles. The Morgan fingerprint density at radius 2 is 1.29 bits per heavy atom. The maximum Gasteiger partial charge on any atom is 0.251 e. The summed E-state index contributed by atoms with van der Waals surface area (Å²) in [5, 5.41) is 69.5. The molecule has 1 saturated heterocycles. The maximum absolute atomic E-state index is 13.6. The third kappa shape index (κ3) is 14.3. The highest BCUT2D eigenvalue weighted by Crippen LogP contribution is 2.09. The highest BCUT2D eigenvalue weighted by atomic mass is 16.3. The zero-order valence-corrected chi connectivity index (χ0v) is 31.5. The standard InChI is InChI=1S/C33H53N9O14/c1-7-9-16-27(50)38-17(10-35-26(49)14(5)8-2)28(51)39-18(12-43)29(52)40-20(13(3)4)32(55)42-22(23(46)24(47)25(34)48)33(56)41-21(15(6)44)31(54)36-11-19(45)30(53)37-16/h7-8,13,15-24,43-47H,1,9-12H2,2-6H3,(H2,34,48)(H,35,49)(H,36,54)(H,37,53)(H,38,50)(H,39,51)(H,40,52)(H,41,56)(H,42,55)/b14-8-/t15-,16?,17+,18+,19+,20+,21+,22?,23?,24?/m1/s1. The van der Waals surface area contributed by atoms with E-state index in [9.17, 15) is 68.7 Å². The SMILES string of the molecule is C=CCC1NC(=O)[C@@H](O)CNC(=O)[C@H]([C@@H](C)O)NC(=O)C(C(O)C(O)C(N)=O)NC(=O)[C@H](C(C)C)NC(=O)[C@H](CO)NC(=O)[C@H](CNC(=O)/C(C)=C\C)NC1=O. The average Bonchev–Trinajstić information content (AvgIpc) is 3.14. The van der Waals surface area contributed by atoms with Gasteiger partial charge in [-0.2, -0.15) is 0 Å². The van der Waals surface area contributed by atoms with Crippen molar-refractivity contribution in [2.75, 3.05) is 19.7 Å². The van der Waals surface area contributed by atoms with Crippen molar-refractivity contribution in [1.29, 1.82) is 0 Å². The predicted molar refractivity (Wildman–Crippen MR) is 193 cm³/mol. The van der Waals surface area contributed by atoms with Crippen molar-refractivity contribution in [3.8, 4) is 0 Å². The number of primary amides is 1. The van der Waals surface area contributed by atoms with Gasteiger partial charge in [-0.15, -0.1) is 6.58 Å². The molecule has 314 valence electrons. The molecule has 9 amide bonds. The van der Waals surface area contributed by atoms with Gasteiger partial charge >= 0.3 is 0 Å². The molecule has 0 radical (unpaired) electrons. The molecule has 23 heteroatoms. The molecule has 15 N–H and O–H groups in total. The molecule has 0 aromatic carbocycles. The number of hydrogen-bond donors (Lipinski definition) is 14. The molecule has 23 nitrogen and oxygen atoms in total. The second kappa shape index (κ2) is 22.8. The second-order valence-electron chi connectivity index (χ2n) is 13.1. The van der Waals surface area contributed by atoms with E-state index in [0.29, 0.717) is 0 Å². The summed E-state index contributed by atoms with van der Waals surface area (Å²) < 4.78 is 0. The van der Waals surface area contributed by atoms with E-state index in [1.807, 2.05) is 10.6 Å². The van der Waals surface area contributed by atoms with Gasteiger partial charge < -0.3 is 73.8 Å². The van der Waals surface area contributed by atoms with Crippen LogP contribution >= 0.6 is 0 Å². The van der Waals surface area contributed by atoms with Crippen LogP contribution in [0.2, 0.25) is 0 Å². The van der Waals surface area contributed by atoms with Crippen LogP contribution in [-0.4, -0.2) is 159 Å². The number of carbonyl (C=O) groups is 9. The maximum atomic E-state index is 13.6. The summed E-state index contributed by atoms with van der Waals surface area (Å²) in [6.45, 7) is 7.89. The van der Waals surface area contributed by atoms with Crippen molar-refractivity contribution >= 4 is 53.2 Å². The monoisotopic (exact) mass is 799 g/mol. The van der Waals surface area contributed by atoms with Crippen LogP contribution in [0.3, 0.4) is 0 Å². The number of aliphatic hydroxyl groups is 5. The van der Waals surface area contributed by atoms with Crippen LogP contribution in [0.15, 0.2) is 24.3 Å². The summed E-state index contributed by atoms with van der Waals surface area (Å²) in [7, 11) is 0. The molecular weight excluding hydrogens is 746 g/mol. The zero-order chi connectivity index (χ0) is 43.0. The number of hydrogen-bond acceptors (Lipinski definition) is 14. The molecule has 1 heterocycles. The fraction of sp³-hybridized carbons (Fsp3) is 0.606. The number of nitrogens with two attached hydrogens (primary N) is 1. The molecule has 0 spiro atoms. The minimum absolute atomic E-state index is 0.231. The van der Waals surface area contributed by atoms with E-state index in [2.05, 4.69) is 38.5 Å². The van der Waals surface area contributed by atoms with Gasteiger partial charge in [-0.25, -0.2) is 0 Å². The molecule has 1 aliphatic heterocycles. The number of β-amino-alcohol motifs (C(OH)–C–C–N with tert-alkyl or cyclic N) is 1. The lowest BCUT2D eigenvalue weighted by Gasteiger charge is -2.31. The third-order valence-electron chi connectivity index (χ3n) is 8.36. The van der Waals surface area contributed by atoms with E-state index in [4.69, 9.17) is 5.73 Å². The number of nitrogens with one attached hydrogen (secondary N) is 8. The van der Waals surface area contributed by atoms with Crippen LogP contribution in [0.4, 0.5) is 0 Å². The van der Waals surface area contributed by atoms with Crippen molar-refractivity contribution in [1.82, 2.24) is 42.5 Å². The number of rotatable bonds is 11. The van der Waals surface area contributed by atoms with Crippen LogP contribution in [0.25, 0.3) is 0 Å². The van der Waals surface area contributed by atoms with Crippen molar-refractivity contribution in [3.63, 3.8) is 0 Å². The number of carbonyl (C=O) groups excluding carboxylic acids is 9. The molecular formula is C33H53N9O14. The molecule has 1 aliphatic rings. The van der Waals surface area contributed by atoms with Gasteiger partial charge in [0.05, 0.1) is 19.3 Å². The quantitative estimate of drug-likeness (QED) is 0.0682. The van der Waals surface area contributed by atoms with E-state index < -0.39 is 139 Å². The molecule has 1 fully saturated rings. The van der Waals surface area contributed by atoms with E-state index in [-0.39, 0.29) is 12.0 Å². The lowest BCUT2D eigenvalue weighted by Crippen LogP contribution is -2.65. The Bertz CT molecular complexity index is 1520. The lowest BCUT2D eigenvalue weighted by atomic mass is 9.99. The molecule has 56 heavy (non-hydrogen) atoms. The van der Waals surface area contributed by atoms with Gasteiger partial charge in [0, 0.05) is 12.1 Å². The predicted octanol–water partition coefficient (Wildman–Crippen LogP) is -7.72. The molecule has 0 aliphatic carbocycles. The Morgan fingerprint density at radius 3 is 1.80 bits per heavy atom. The topological polar surface area (TPSA) is 377 Å². The summed E-state index contributed by atoms with van der Waals surface area (Å²) in [5.41, 5.74) is 5.30.